The van der Waals surface area contributed by atoms with Crippen molar-refractivity contribution >= 4 is 44.9 Å². The van der Waals surface area contributed by atoms with Crippen LogP contribution in [0, 0.1) is 17.1 Å². The Labute approximate surface area is 242 Å². The number of anilines is 3. The van der Waals surface area contributed by atoms with Gasteiger partial charge in [-0.15, -0.1) is 0 Å². The summed E-state index contributed by atoms with van der Waals surface area (Å²) in [5.41, 5.74) is 1.22. The second-order valence-corrected chi connectivity index (χ2v) is 12.9. The van der Waals surface area contributed by atoms with Gasteiger partial charge in [0.05, 0.1) is 34.4 Å². The highest BCUT2D eigenvalue weighted by atomic mass is 32.2. The van der Waals surface area contributed by atoms with Gasteiger partial charge in [0.25, 0.3) is 5.91 Å². The summed E-state index contributed by atoms with van der Waals surface area (Å²) in [6.07, 6.45) is 2.96. The molecule has 1 saturated heterocycles. The van der Waals surface area contributed by atoms with Crippen molar-refractivity contribution in [2.45, 2.75) is 49.6 Å². The molecule has 2 fully saturated rings. The van der Waals surface area contributed by atoms with Crippen LogP contribution in [0.25, 0.3) is 0 Å². The van der Waals surface area contributed by atoms with Crippen LogP contribution in [0.4, 0.5) is 31.0 Å². The first-order valence-corrected chi connectivity index (χ1v) is 15.1. The monoisotopic (exact) mass is 589 g/mol. The summed E-state index contributed by atoms with van der Waals surface area (Å²) >= 11 is 0. The van der Waals surface area contributed by atoms with E-state index >= 15 is 0 Å². The molecule has 42 heavy (non-hydrogen) atoms. The molecule has 2 N–H and O–H groups in total. The number of halogens is 1. The average molecular weight is 590 g/mol. The largest absolute Gasteiger partial charge is 0.332 e. The van der Waals surface area contributed by atoms with E-state index in [9.17, 15) is 32.5 Å². The summed E-state index contributed by atoms with van der Waals surface area (Å²) < 4.78 is 37.6. The van der Waals surface area contributed by atoms with Crippen LogP contribution in [-0.2, 0) is 21.2 Å². The van der Waals surface area contributed by atoms with Crippen molar-refractivity contribution in [3.63, 3.8) is 0 Å². The molecule has 216 valence electrons. The number of imide groups is 1. The number of hydrogen-bond acceptors (Lipinski definition) is 6. The van der Waals surface area contributed by atoms with Gasteiger partial charge in [-0.1, -0.05) is 6.07 Å². The van der Waals surface area contributed by atoms with Crippen LogP contribution in [0.3, 0.4) is 0 Å². The lowest BCUT2D eigenvalue weighted by Crippen LogP contribution is -2.43. The zero-order valence-electron chi connectivity index (χ0n) is 23.1. The van der Waals surface area contributed by atoms with E-state index < -0.39 is 39.2 Å². The normalized spacial score (nSPS) is 16.4. The van der Waals surface area contributed by atoms with Crippen LogP contribution in [0.1, 0.15) is 49.3 Å². The van der Waals surface area contributed by atoms with Gasteiger partial charge in [0.15, 0.2) is 9.84 Å². The van der Waals surface area contributed by atoms with Crippen molar-refractivity contribution in [2.24, 2.45) is 0 Å². The molecular formula is C30H28FN5O5S. The number of nitrogens with one attached hydrogen (secondary N) is 2. The van der Waals surface area contributed by atoms with E-state index in [2.05, 4.69) is 16.7 Å². The molecule has 5 amide bonds. The topological polar surface area (TPSA) is 140 Å². The SMILES string of the molecule is CC1(C)C(=O)N(c2ccc(C#N)c(C3CC3)c2)C(=O)N1Cc1ccc(F)cc1NC(=O)Nc1ccc(S(C)(=O)=O)cc1. The van der Waals surface area contributed by atoms with E-state index in [4.69, 9.17) is 0 Å². The number of nitriles is 1. The maximum atomic E-state index is 14.2. The number of nitrogens with zero attached hydrogens (tertiary/aromatic N) is 3. The Balaban J connectivity index is 1.37. The Bertz CT molecular complexity index is 1760. The number of carbonyl (C=O) groups is 3. The summed E-state index contributed by atoms with van der Waals surface area (Å²) in [7, 11) is -3.41. The third-order valence-corrected chi connectivity index (χ3v) is 8.57. The van der Waals surface area contributed by atoms with Gasteiger partial charge in [0.2, 0.25) is 0 Å². The summed E-state index contributed by atoms with van der Waals surface area (Å²) in [6, 6.07) is 15.1. The first-order chi connectivity index (χ1) is 19.8. The number of urea groups is 2. The molecule has 12 heteroatoms. The van der Waals surface area contributed by atoms with Gasteiger partial charge in [-0.05, 0) is 98.3 Å². The highest BCUT2D eigenvalue weighted by Gasteiger charge is 2.52. The van der Waals surface area contributed by atoms with Crippen LogP contribution < -0.4 is 15.5 Å². The molecule has 1 aliphatic carbocycles. The molecule has 2 aliphatic rings. The number of benzene rings is 3. The molecular weight excluding hydrogens is 561 g/mol. The van der Waals surface area contributed by atoms with E-state index in [-0.39, 0.29) is 23.0 Å². The minimum atomic E-state index is -3.41. The summed E-state index contributed by atoms with van der Waals surface area (Å²) in [6.45, 7) is 3.11. The Morgan fingerprint density at radius 2 is 1.74 bits per heavy atom. The third-order valence-electron chi connectivity index (χ3n) is 7.44. The quantitative estimate of drug-likeness (QED) is 0.355. The first kappa shape index (κ1) is 28.8. The van der Waals surface area contributed by atoms with Crippen LogP contribution in [0.5, 0.6) is 0 Å². The molecule has 1 heterocycles. The zero-order valence-corrected chi connectivity index (χ0v) is 24.0. The summed E-state index contributed by atoms with van der Waals surface area (Å²) in [4.78, 5) is 42.5. The number of hydrogen-bond donors (Lipinski definition) is 2. The highest BCUT2D eigenvalue weighted by Crippen LogP contribution is 2.44. The minimum absolute atomic E-state index is 0.0872. The lowest BCUT2D eigenvalue weighted by Gasteiger charge is -2.28. The number of rotatable bonds is 7. The van der Waals surface area contributed by atoms with Crippen LogP contribution in [-0.4, -0.2) is 43.1 Å². The Morgan fingerprint density at radius 1 is 1.05 bits per heavy atom. The fraction of sp³-hybridized carbons (Fsp3) is 0.267. The van der Waals surface area contributed by atoms with E-state index in [0.717, 1.165) is 35.6 Å². The van der Waals surface area contributed by atoms with Crippen LogP contribution in [0.15, 0.2) is 65.6 Å². The molecule has 0 radical (unpaired) electrons. The smallest absolute Gasteiger partial charge is 0.308 e. The highest BCUT2D eigenvalue weighted by molar-refractivity contribution is 7.90. The van der Waals surface area contributed by atoms with Gasteiger partial charge in [-0.2, -0.15) is 5.26 Å². The van der Waals surface area contributed by atoms with E-state index in [1.54, 1.807) is 32.0 Å². The summed E-state index contributed by atoms with van der Waals surface area (Å²) in [5, 5.41) is 14.6. The second kappa shape index (κ2) is 10.6. The molecule has 10 nitrogen and oxygen atoms in total. The van der Waals surface area contributed by atoms with Crippen molar-refractivity contribution in [2.75, 3.05) is 21.8 Å². The molecule has 3 aromatic carbocycles. The number of amides is 5. The number of carbonyl (C=O) groups excluding carboxylic acids is 3. The van der Waals surface area contributed by atoms with Crippen molar-refractivity contribution in [3.8, 4) is 6.07 Å². The third kappa shape index (κ3) is 5.56. The molecule has 0 unspecified atom stereocenters. The fourth-order valence-corrected chi connectivity index (χ4v) is 5.53. The van der Waals surface area contributed by atoms with Gasteiger partial charge in [0.1, 0.15) is 11.4 Å². The van der Waals surface area contributed by atoms with Gasteiger partial charge in [-0.3, -0.25) is 4.79 Å². The Kier molecular flexibility index (Phi) is 7.24. The Hall–Kier alpha value is -4.76. The van der Waals surface area contributed by atoms with Crippen LogP contribution in [0.2, 0.25) is 0 Å². The predicted molar refractivity (Wildman–Crippen MR) is 154 cm³/mol. The lowest BCUT2D eigenvalue weighted by molar-refractivity contribution is -0.123. The lowest BCUT2D eigenvalue weighted by atomic mass is 10.0. The minimum Gasteiger partial charge on any atom is -0.308 e. The van der Waals surface area contributed by atoms with E-state index in [0.29, 0.717) is 22.5 Å². The Morgan fingerprint density at radius 3 is 2.36 bits per heavy atom. The predicted octanol–water partition coefficient (Wildman–Crippen LogP) is 5.37. The number of sulfone groups is 1. The van der Waals surface area contributed by atoms with Crippen molar-refractivity contribution < 1.29 is 27.2 Å². The van der Waals surface area contributed by atoms with Crippen molar-refractivity contribution in [3.05, 3.63) is 83.2 Å². The van der Waals surface area contributed by atoms with Gasteiger partial charge in [0, 0.05) is 11.9 Å². The zero-order chi connectivity index (χ0) is 30.4. The molecule has 3 aromatic rings. The maximum Gasteiger partial charge on any atom is 0.332 e. The molecule has 5 rings (SSSR count). The molecule has 0 atom stereocenters. The molecule has 0 spiro atoms. The molecule has 0 aromatic heterocycles. The molecule has 1 aliphatic heterocycles. The van der Waals surface area contributed by atoms with Crippen LogP contribution >= 0.6 is 0 Å². The fourth-order valence-electron chi connectivity index (χ4n) is 4.90. The van der Waals surface area contributed by atoms with Crippen molar-refractivity contribution in [1.82, 2.24) is 4.90 Å². The van der Waals surface area contributed by atoms with Gasteiger partial charge >= 0.3 is 12.1 Å². The second-order valence-electron chi connectivity index (χ2n) is 10.9. The standard InChI is InChI=1S/C30H28FN5O5S/c1-30(2)27(37)36(23-11-7-19(16-32)25(15-23)18-4-5-18)29(39)35(30)17-20-6-8-21(31)14-26(20)34-28(38)33-22-9-12-24(13-10-22)42(3,40)41/h6-15,18H,4-5,17H2,1-3H3,(H2,33,34,38). The van der Waals surface area contributed by atoms with E-state index in [1.165, 1.54) is 41.3 Å². The first-order valence-electron chi connectivity index (χ1n) is 13.2. The molecule has 0 bridgehead atoms. The van der Waals surface area contributed by atoms with Crippen molar-refractivity contribution in [1.29, 1.82) is 5.26 Å². The average Bonchev–Trinajstić information content (AvgIpc) is 3.75. The van der Waals surface area contributed by atoms with Gasteiger partial charge < -0.3 is 15.5 Å². The summed E-state index contributed by atoms with van der Waals surface area (Å²) in [5.74, 6) is -0.847. The molecule has 1 saturated carbocycles. The van der Waals surface area contributed by atoms with E-state index in [1.807, 2.05) is 0 Å². The maximum absolute atomic E-state index is 14.2. The van der Waals surface area contributed by atoms with Gasteiger partial charge in [-0.25, -0.2) is 27.3 Å².